The topological polar surface area (TPSA) is 99.1 Å². The van der Waals surface area contributed by atoms with E-state index in [1.807, 2.05) is 6.92 Å². The van der Waals surface area contributed by atoms with E-state index in [0.717, 1.165) is 17.4 Å². The van der Waals surface area contributed by atoms with Crippen LogP contribution in [-0.2, 0) is 9.84 Å². The smallest absolute Gasteiger partial charge is 0.258 e. The van der Waals surface area contributed by atoms with Crippen molar-refractivity contribution in [1.82, 2.24) is 10.1 Å². The Hall–Kier alpha value is -1.89. The molecule has 1 heterocycles. The highest BCUT2D eigenvalue weighted by Gasteiger charge is 2.23. The van der Waals surface area contributed by atoms with Gasteiger partial charge in [0.2, 0.25) is 0 Å². The van der Waals surface area contributed by atoms with Gasteiger partial charge in [0.15, 0.2) is 15.7 Å². The van der Waals surface area contributed by atoms with Crippen molar-refractivity contribution in [3.8, 4) is 11.5 Å². The Morgan fingerprint density at radius 3 is 2.63 bits per heavy atom. The van der Waals surface area contributed by atoms with Crippen LogP contribution in [0.5, 0.6) is 0 Å². The Labute approximate surface area is 111 Å². The molecule has 1 unspecified atom stereocenters. The number of benzene rings is 1. The van der Waals surface area contributed by atoms with Gasteiger partial charge in [-0.05, 0) is 37.6 Å². The van der Waals surface area contributed by atoms with E-state index in [-0.39, 0.29) is 5.82 Å². The van der Waals surface area contributed by atoms with Gasteiger partial charge in [-0.2, -0.15) is 4.98 Å². The lowest BCUT2D eigenvalue weighted by Crippen LogP contribution is -2.09. The third kappa shape index (κ3) is 2.76. The van der Waals surface area contributed by atoms with Crippen LogP contribution in [0.25, 0.3) is 11.5 Å². The highest BCUT2D eigenvalue weighted by molar-refractivity contribution is 7.90. The molecule has 0 spiro atoms. The van der Waals surface area contributed by atoms with Crippen molar-refractivity contribution in [3.05, 3.63) is 29.6 Å². The predicted molar refractivity (Wildman–Crippen MR) is 72.1 cm³/mol. The first-order valence-corrected chi connectivity index (χ1v) is 7.63. The van der Waals surface area contributed by atoms with Crippen LogP contribution in [-0.4, -0.2) is 24.8 Å². The molecule has 1 aromatic heterocycles. The van der Waals surface area contributed by atoms with Crippen LogP contribution in [0.3, 0.4) is 0 Å². The molecule has 0 saturated heterocycles. The summed E-state index contributed by atoms with van der Waals surface area (Å²) in [6.45, 7) is 3.40. The molecule has 2 N–H and O–H groups in total. The molecule has 1 atom stereocenters. The fraction of sp³-hybridized carbons (Fsp3) is 0.333. The molecule has 19 heavy (non-hydrogen) atoms. The maximum Gasteiger partial charge on any atom is 0.258 e. The Morgan fingerprint density at radius 1 is 1.37 bits per heavy atom. The fourth-order valence-electron chi connectivity index (χ4n) is 1.63. The van der Waals surface area contributed by atoms with Gasteiger partial charge in [-0.25, -0.2) is 8.42 Å². The molecule has 102 valence electrons. The van der Waals surface area contributed by atoms with E-state index in [0.29, 0.717) is 11.6 Å². The Bertz CT molecular complexity index is 707. The van der Waals surface area contributed by atoms with Gasteiger partial charge in [-0.1, -0.05) is 5.16 Å². The second-order valence-electron chi connectivity index (χ2n) is 4.50. The highest BCUT2D eigenvalue weighted by atomic mass is 32.2. The zero-order chi connectivity index (χ0) is 14.2. The normalized spacial score (nSPS) is 13.4. The summed E-state index contributed by atoms with van der Waals surface area (Å²) in [7, 11) is -3.25. The number of sulfone groups is 1. The van der Waals surface area contributed by atoms with Crippen molar-refractivity contribution in [2.45, 2.75) is 19.1 Å². The number of aromatic nitrogens is 2. The number of hydrogen-bond acceptors (Lipinski definition) is 6. The van der Waals surface area contributed by atoms with Crippen LogP contribution in [0.1, 0.15) is 23.6 Å². The molecular weight excluding hydrogens is 266 g/mol. The third-order valence-electron chi connectivity index (χ3n) is 2.93. The highest BCUT2D eigenvalue weighted by Crippen LogP contribution is 2.26. The number of nitrogens with zero attached hydrogens (tertiary/aromatic N) is 2. The SMILES string of the molecule is Cc1cc(N)ccc1-c1nc(C(C)S(C)(=O)=O)no1. The van der Waals surface area contributed by atoms with Gasteiger partial charge in [0.1, 0.15) is 5.25 Å². The summed E-state index contributed by atoms with van der Waals surface area (Å²) < 4.78 is 28.0. The summed E-state index contributed by atoms with van der Waals surface area (Å²) in [6.07, 6.45) is 1.14. The second kappa shape index (κ2) is 4.65. The number of nitrogen functional groups attached to an aromatic ring is 1. The summed E-state index contributed by atoms with van der Waals surface area (Å²) in [5.41, 5.74) is 7.95. The van der Waals surface area contributed by atoms with E-state index in [1.165, 1.54) is 6.92 Å². The van der Waals surface area contributed by atoms with Crippen molar-refractivity contribution in [3.63, 3.8) is 0 Å². The quantitative estimate of drug-likeness (QED) is 0.860. The van der Waals surface area contributed by atoms with Crippen molar-refractivity contribution in [2.75, 3.05) is 12.0 Å². The van der Waals surface area contributed by atoms with Gasteiger partial charge in [-0.15, -0.1) is 0 Å². The molecule has 0 aliphatic rings. The minimum atomic E-state index is -3.25. The molecule has 0 fully saturated rings. The number of anilines is 1. The van der Waals surface area contributed by atoms with Crippen molar-refractivity contribution in [1.29, 1.82) is 0 Å². The van der Waals surface area contributed by atoms with Gasteiger partial charge in [0.25, 0.3) is 5.89 Å². The van der Waals surface area contributed by atoms with Crippen molar-refractivity contribution in [2.24, 2.45) is 0 Å². The molecule has 0 radical (unpaired) electrons. The van der Waals surface area contributed by atoms with Gasteiger partial charge in [0, 0.05) is 17.5 Å². The molecule has 0 bridgehead atoms. The van der Waals surface area contributed by atoms with Gasteiger partial charge in [-0.3, -0.25) is 0 Å². The van der Waals surface area contributed by atoms with E-state index >= 15 is 0 Å². The number of aryl methyl sites for hydroxylation is 1. The monoisotopic (exact) mass is 281 g/mol. The first kappa shape index (κ1) is 13.5. The molecule has 0 amide bonds. The fourth-order valence-corrected chi connectivity index (χ4v) is 2.11. The summed E-state index contributed by atoms with van der Waals surface area (Å²) in [6, 6.07) is 5.29. The van der Waals surface area contributed by atoms with E-state index in [1.54, 1.807) is 18.2 Å². The standard InChI is InChI=1S/C12H15N3O3S/c1-7-6-9(13)4-5-10(7)12-14-11(15-18-12)8(2)19(3,16)17/h4-6,8H,13H2,1-3H3. The molecule has 0 aliphatic carbocycles. The lowest BCUT2D eigenvalue weighted by Gasteiger charge is -2.02. The summed E-state index contributed by atoms with van der Waals surface area (Å²) >= 11 is 0. The summed E-state index contributed by atoms with van der Waals surface area (Å²) in [5, 5.41) is 2.93. The second-order valence-corrected chi connectivity index (χ2v) is 6.87. The van der Waals surface area contributed by atoms with E-state index in [9.17, 15) is 8.42 Å². The first-order valence-electron chi connectivity index (χ1n) is 5.68. The van der Waals surface area contributed by atoms with Crippen LogP contribution >= 0.6 is 0 Å². The van der Waals surface area contributed by atoms with Gasteiger partial charge < -0.3 is 10.3 Å². The van der Waals surface area contributed by atoms with E-state index in [4.69, 9.17) is 10.3 Å². The van der Waals surface area contributed by atoms with Crippen LogP contribution in [0.15, 0.2) is 22.7 Å². The molecule has 0 saturated carbocycles. The lowest BCUT2D eigenvalue weighted by molar-refractivity contribution is 0.421. The molecule has 7 heteroatoms. The first-order chi connectivity index (χ1) is 8.79. The zero-order valence-corrected chi connectivity index (χ0v) is 11.7. The minimum Gasteiger partial charge on any atom is -0.399 e. The Kier molecular flexibility index (Phi) is 3.32. The van der Waals surface area contributed by atoms with E-state index in [2.05, 4.69) is 10.1 Å². The van der Waals surface area contributed by atoms with Crippen molar-refractivity contribution >= 4 is 15.5 Å². The van der Waals surface area contributed by atoms with Crippen LogP contribution in [0, 0.1) is 6.92 Å². The molecule has 0 aliphatic heterocycles. The minimum absolute atomic E-state index is 0.161. The molecular formula is C12H15N3O3S. The largest absolute Gasteiger partial charge is 0.399 e. The van der Waals surface area contributed by atoms with Crippen LogP contribution < -0.4 is 5.73 Å². The van der Waals surface area contributed by atoms with Gasteiger partial charge in [0.05, 0.1) is 0 Å². The van der Waals surface area contributed by atoms with Crippen LogP contribution in [0.4, 0.5) is 5.69 Å². The Balaban J connectivity index is 2.41. The van der Waals surface area contributed by atoms with E-state index < -0.39 is 15.1 Å². The number of hydrogen-bond donors (Lipinski definition) is 1. The average molecular weight is 281 g/mol. The lowest BCUT2D eigenvalue weighted by atomic mass is 10.1. The maximum absolute atomic E-state index is 11.5. The number of rotatable bonds is 3. The summed E-state index contributed by atoms with van der Waals surface area (Å²) in [4.78, 5) is 4.14. The molecule has 6 nitrogen and oxygen atoms in total. The zero-order valence-electron chi connectivity index (χ0n) is 10.9. The Morgan fingerprint density at radius 2 is 2.05 bits per heavy atom. The molecule has 2 aromatic rings. The third-order valence-corrected chi connectivity index (χ3v) is 4.42. The molecule has 1 aromatic carbocycles. The summed E-state index contributed by atoms with van der Waals surface area (Å²) in [5.74, 6) is 0.455. The van der Waals surface area contributed by atoms with Crippen molar-refractivity contribution < 1.29 is 12.9 Å². The maximum atomic E-state index is 11.5. The van der Waals surface area contributed by atoms with Gasteiger partial charge >= 0.3 is 0 Å². The van der Waals surface area contributed by atoms with Crippen LogP contribution in [0.2, 0.25) is 0 Å². The average Bonchev–Trinajstić information content (AvgIpc) is 2.75. The molecule has 2 rings (SSSR count). The number of nitrogens with two attached hydrogens (primary N) is 1. The predicted octanol–water partition coefficient (Wildman–Crippen LogP) is 1.73.